The van der Waals surface area contributed by atoms with Crippen molar-refractivity contribution in [3.8, 4) is 0 Å². The maximum absolute atomic E-state index is 6.18. The summed E-state index contributed by atoms with van der Waals surface area (Å²) in [7, 11) is 0. The minimum Gasteiger partial charge on any atom is -0.326 e. The summed E-state index contributed by atoms with van der Waals surface area (Å²) >= 11 is 0. The number of nitrogens with zero attached hydrogens (tertiary/aromatic N) is 1. The van der Waals surface area contributed by atoms with Crippen LogP contribution in [0.25, 0.3) is 0 Å². The van der Waals surface area contributed by atoms with E-state index in [1.165, 1.54) is 5.56 Å². The lowest BCUT2D eigenvalue weighted by molar-refractivity contribution is 0.232. The highest BCUT2D eigenvalue weighted by Crippen LogP contribution is 2.33. The molecular formula is C14H22N2. The van der Waals surface area contributed by atoms with Gasteiger partial charge in [0.15, 0.2) is 0 Å². The summed E-state index contributed by atoms with van der Waals surface area (Å²) in [6, 6.07) is 11.4. The Morgan fingerprint density at radius 1 is 1.31 bits per heavy atom. The quantitative estimate of drug-likeness (QED) is 0.826. The van der Waals surface area contributed by atoms with Crippen molar-refractivity contribution in [3.63, 3.8) is 0 Å². The third kappa shape index (κ3) is 2.13. The minimum atomic E-state index is 0.239. The molecule has 0 aromatic heterocycles. The van der Waals surface area contributed by atoms with Gasteiger partial charge in [0.25, 0.3) is 0 Å². The second-order valence-corrected chi connectivity index (χ2v) is 5.61. The van der Waals surface area contributed by atoms with Crippen molar-refractivity contribution >= 4 is 0 Å². The fourth-order valence-electron chi connectivity index (χ4n) is 2.44. The van der Waals surface area contributed by atoms with E-state index < -0.39 is 0 Å². The van der Waals surface area contributed by atoms with Gasteiger partial charge in [0, 0.05) is 25.2 Å². The Morgan fingerprint density at radius 2 is 1.94 bits per heavy atom. The van der Waals surface area contributed by atoms with Crippen LogP contribution in [0.2, 0.25) is 0 Å². The predicted octanol–water partition coefficient (Wildman–Crippen LogP) is 2.42. The number of hydrogen-bond acceptors (Lipinski definition) is 2. The third-order valence-corrected chi connectivity index (χ3v) is 3.88. The van der Waals surface area contributed by atoms with E-state index in [1.807, 2.05) is 0 Å². The maximum atomic E-state index is 6.18. The first kappa shape index (κ1) is 11.6. The number of nitrogens with two attached hydrogens (primary N) is 1. The summed E-state index contributed by atoms with van der Waals surface area (Å²) in [5, 5.41) is 0. The average molecular weight is 218 g/mol. The highest BCUT2D eigenvalue weighted by atomic mass is 15.2. The van der Waals surface area contributed by atoms with Gasteiger partial charge in [0.2, 0.25) is 0 Å². The van der Waals surface area contributed by atoms with Crippen LogP contribution in [0.5, 0.6) is 0 Å². The van der Waals surface area contributed by atoms with Crippen molar-refractivity contribution < 1.29 is 0 Å². The summed E-state index contributed by atoms with van der Waals surface area (Å²) < 4.78 is 0. The van der Waals surface area contributed by atoms with E-state index in [2.05, 4.69) is 56.0 Å². The number of benzene rings is 1. The number of likely N-dealkylation sites (tertiary alicyclic amines) is 1. The lowest BCUT2D eigenvalue weighted by Crippen LogP contribution is -2.35. The molecule has 0 spiro atoms. The van der Waals surface area contributed by atoms with E-state index in [-0.39, 0.29) is 5.41 Å². The van der Waals surface area contributed by atoms with Gasteiger partial charge in [0.05, 0.1) is 0 Å². The summed E-state index contributed by atoms with van der Waals surface area (Å²) in [6.45, 7) is 8.88. The van der Waals surface area contributed by atoms with Crippen LogP contribution in [0.15, 0.2) is 30.3 Å². The second-order valence-electron chi connectivity index (χ2n) is 5.61. The van der Waals surface area contributed by atoms with Gasteiger partial charge in [-0.25, -0.2) is 0 Å². The molecule has 1 aromatic carbocycles. The van der Waals surface area contributed by atoms with Gasteiger partial charge in [-0.15, -0.1) is 0 Å². The van der Waals surface area contributed by atoms with Gasteiger partial charge in [-0.2, -0.15) is 0 Å². The lowest BCUT2D eigenvalue weighted by Gasteiger charge is -2.26. The fourth-order valence-corrected chi connectivity index (χ4v) is 2.44. The van der Waals surface area contributed by atoms with Crippen molar-refractivity contribution in [2.24, 2.45) is 11.1 Å². The molecule has 88 valence electrons. The zero-order valence-electron chi connectivity index (χ0n) is 10.5. The van der Waals surface area contributed by atoms with Crippen LogP contribution in [-0.2, 0) is 0 Å². The van der Waals surface area contributed by atoms with Gasteiger partial charge in [-0.1, -0.05) is 44.2 Å². The zero-order valence-corrected chi connectivity index (χ0v) is 10.5. The van der Waals surface area contributed by atoms with E-state index in [9.17, 15) is 0 Å². The molecule has 1 aromatic rings. The van der Waals surface area contributed by atoms with Gasteiger partial charge in [0.1, 0.15) is 0 Å². The Kier molecular flexibility index (Phi) is 3.04. The molecule has 2 heteroatoms. The summed E-state index contributed by atoms with van der Waals surface area (Å²) in [5.74, 6) is 0. The molecule has 0 radical (unpaired) electrons. The largest absolute Gasteiger partial charge is 0.326 e. The number of rotatable bonds is 2. The Labute approximate surface area is 98.4 Å². The van der Waals surface area contributed by atoms with Crippen LogP contribution in [0.1, 0.15) is 32.4 Å². The SMILES string of the molecule is CC(c1ccccc1)N1CC(N)C(C)(C)C1. The Hall–Kier alpha value is -0.860. The highest BCUT2D eigenvalue weighted by Gasteiger charge is 2.38. The summed E-state index contributed by atoms with van der Waals surface area (Å²) in [6.07, 6.45) is 0. The fraction of sp³-hybridized carbons (Fsp3) is 0.571. The molecule has 1 aliphatic rings. The van der Waals surface area contributed by atoms with Gasteiger partial charge in [-0.05, 0) is 17.9 Å². The van der Waals surface area contributed by atoms with Crippen molar-refractivity contribution in [2.45, 2.75) is 32.9 Å². The Bertz CT molecular complexity index is 345. The predicted molar refractivity (Wildman–Crippen MR) is 68.2 cm³/mol. The molecule has 2 unspecified atom stereocenters. The topological polar surface area (TPSA) is 29.3 Å². The van der Waals surface area contributed by atoms with Crippen molar-refractivity contribution in [2.75, 3.05) is 13.1 Å². The van der Waals surface area contributed by atoms with Crippen LogP contribution < -0.4 is 5.73 Å². The summed E-state index contributed by atoms with van der Waals surface area (Å²) in [5.41, 5.74) is 7.80. The van der Waals surface area contributed by atoms with Crippen molar-refractivity contribution in [1.29, 1.82) is 0 Å². The molecule has 0 aliphatic carbocycles. The molecule has 1 heterocycles. The first-order valence-corrected chi connectivity index (χ1v) is 6.05. The first-order valence-electron chi connectivity index (χ1n) is 6.05. The van der Waals surface area contributed by atoms with E-state index in [4.69, 9.17) is 5.73 Å². The molecule has 2 rings (SSSR count). The first-order chi connectivity index (χ1) is 7.50. The zero-order chi connectivity index (χ0) is 11.8. The Morgan fingerprint density at radius 3 is 2.44 bits per heavy atom. The number of hydrogen-bond donors (Lipinski definition) is 1. The minimum absolute atomic E-state index is 0.239. The molecule has 0 bridgehead atoms. The van der Waals surface area contributed by atoms with E-state index in [1.54, 1.807) is 0 Å². The molecular weight excluding hydrogens is 196 g/mol. The lowest BCUT2D eigenvalue weighted by atomic mass is 9.89. The van der Waals surface area contributed by atoms with Gasteiger partial charge >= 0.3 is 0 Å². The molecule has 0 amide bonds. The molecule has 0 saturated carbocycles. The molecule has 16 heavy (non-hydrogen) atoms. The highest BCUT2D eigenvalue weighted by molar-refractivity contribution is 5.19. The van der Waals surface area contributed by atoms with Crippen molar-refractivity contribution in [1.82, 2.24) is 4.90 Å². The molecule has 2 N–H and O–H groups in total. The molecule has 2 nitrogen and oxygen atoms in total. The standard InChI is InChI=1S/C14H22N2/c1-11(12-7-5-4-6-8-12)16-9-13(15)14(2,3)10-16/h4-8,11,13H,9-10,15H2,1-3H3. The van der Waals surface area contributed by atoms with Crippen LogP contribution in [0, 0.1) is 5.41 Å². The monoisotopic (exact) mass is 218 g/mol. The van der Waals surface area contributed by atoms with Gasteiger partial charge in [-0.3, -0.25) is 4.90 Å². The van der Waals surface area contributed by atoms with E-state index >= 15 is 0 Å². The van der Waals surface area contributed by atoms with E-state index in [0.29, 0.717) is 12.1 Å². The molecule has 2 atom stereocenters. The third-order valence-electron chi connectivity index (χ3n) is 3.88. The second kappa shape index (κ2) is 4.19. The van der Waals surface area contributed by atoms with E-state index in [0.717, 1.165) is 13.1 Å². The normalized spacial score (nSPS) is 26.9. The van der Waals surface area contributed by atoms with Crippen molar-refractivity contribution in [3.05, 3.63) is 35.9 Å². The van der Waals surface area contributed by atoms with Crippen LogP contribution in [0.4, 0.5) is 0 Å². The molecule has 1 fully saturated rings. The van der Waals surface area contributed by atoms with Crippen LogP contribution in [0.3, 0.4) is 0 Å². The average Bonchev–Trinajstić information content (AvgIpc) is 2.54. The van der Waals surface area contributed by atoms with Gasteiger partial charge < -0.3 is 5.73 Å². The van der Waals surface area contributed by atoms with Crippen LogP contribution in [-0.4, -0.2) is 24.0 Å². The maximum Gasteiger partial charge on any atom is 0.0320 e. The summed E-state index contributed by atoms with van der Waals surface area (Å²) in [4.78, 5) is 2.49. The Balaban J connectivity index is 2.11. The van der Waals surface area contributed by atoms with Crippen LogP contribution >= 0.6 is 0 Å². The smallest absolute Gasteiger partial charge is 0.0320 e. The molecule has 1 saturated heterocycles. The molecule has 1 aliphatic heterocycles.